The summed E-state index contributed by atoms with van der Waals surface area (Å²) in [6.45, 7) is 2.53. The van der Waals surface area contributed by atoms with Crippen molar-refractivity contribution in [3.05, 3.63) is 101 Å². The van der Waals surface area contributed by atoms with Crippen molar-refractivity contribution < 1.29 is 9.59 Å². The molecule has 0 saturated carbocycles. The number of benzene rings is 3. The minimum absolute atomic E-state index is 0.00343. The first-order chi connectivity index (χ1) is 14.1. The molecule has 0 heterocycles. The summed E-state index contributed by atoms with van der Waals surface area (Å²) in [5.74, 6) is -0.163. The number of hydrogen-bond acceptors (Lipinski definition) is 2. The van der Waals surface area contributed by atoms with Gasteiger partial charge in [0.15, 0.2) is 0 Å². The maximum atomic E-state index is 12.4. The van der Waals surface area contributed by atoms with E-state index in [-0.39, 0.29) is 11.8 Å². The van der Waals surface area contributed by atoms with Crippen molar-refractivity contribution in [2.75, 3.05) is 5.32 Å². The molecular formula is C25H26N2O2. The summed E-state index contributed by atoms with van der Waals surface area (Å²) in [7, 11) is 0. The third kappa shape index (κ3) is 6.32. The summed E-state index contributed by atoms with van der Waals surface area (Å²) in [5.41, 5.74) is 4.68. The lowest BCUT2D eigenvalue weighted by Crippen LogP contribution is -2.23. The van der Waals surface area contributed by atoms with Gasteiger partial charge < -0.3 is 10.6 Å². The van der Waals surface area contributed by atoms with Crippen LogP contribution < -0.4 is 10.6 Å². The Morgan fingerprint density at radius 1 is 0.793 bits per heavy atom. The van der Waals surface area contributed by atoms with Crippen molar-refractivity contribution in [1.29, 1.82) is 0 Å². The molecule has 148 valence electrons. The molecule has 3 rings (SSSR count). The highest BCUT2D eigenvalue weighted by atomic mass is 16.2. The third-order valence-electron chi connectivity index (χ3n) is 4.78. The van der Waals surface area contributed by atoms with E-state index in [2.05, 4.69) is 41.8 Å². The molecule has 2 N–H and O–H groups in total. The van der Waals surface area contributed by atoms with Crippen molar-refractivity contribution in [1.82, 2.24) is 5.32 Å². The summed E-state index contributed by atoms with van der Waals surface area (Å²) < 4.78 is 0. The van der Waals surface area contributed by atoms with Gasteiger partial charge in [-0.1, -0.05) is 61.5 Å². The zero-order valence-corrected chi connectivity index (χ0v) is 16.7. The number of hydrogen-bond donors (Lipinski definition) is 2. The number of carbonyl (C=O) groups excluding carboxylic acids is 2. The second-order valence-electron chi connectivity index (χ2n) is 6.97. The Bertz CT molecular complexity index is 950. The lowest BCUT2D eigenvalue weighted by molar-refractivity contribution is -0.121. The second-order valence-corrected chi connectivity index (χ2v) is 6.97. The summed E-state index contributed by atoms with van der Waals surface area (Å²) in [5, 5.41) is 5.81. The van der Waals surface area contributed by atoms with E-state index in [9.17, 15) is 9.59 Å². The molecule has 2 amide bonds. The van der Waals surface area contributed by atoms with Gasteiger partial charge in [-0.2, -0.15) is 0 Å². The van der Waals surface area contributed by atoms with Crippen molar-refractivity contribution >= 4 is 17.5 Å². The van der Waals surface area contributed by atoms with Crippen LogP contribution in [0.4, 0.5) is 5.69 Å². The van der Waals surface area contributed by atoms with Gasteiger partial charge in [0.1, 0.15) is 0 Å². The molecule has 4 heteroatoms. The summed E-state index contributed by atoms with van der Waals surface area (Å²) in [4.78, 5) is 24.6. The van der Waals surface area contributed by atoms with E-state index in [0.29, 0.717) is 18.5 Å². The Labute approximate surface area is 172 Å². The molecule has 0 aliphatic rings. The van der Waals surface area contributed by atoms with Gasteiger partial charge >= 0.3 is 0 Å². The quantitative estimate of drug-likeness (QED) is 0.587. The molecule has 0 radical (unpaired) electrons. The van der Waals surface area contributed by atoms with E-state index in [1.165, 1.54) is 5.56 Å². The van der Waals surface area contributed by atoms with Crippen LogP contribution in [-0.4, -0.2) is 11.8 Å². The fraction of sp³-hybridized carbons (Fsp3) is 0.200. The molecule has 0 aliphatic carbocycles. The Hall–Kier alpha value is -3.40. The number of para-hydroxylation sites is 1. The van der Waals surface area contributed by atoms with Crippen LogP contribution >= 0.6 is 0 Å². The fourth-order valence-corrected chi connectivity index (χ4v) is 3.04. The zero-order valence-electron chi connectivity index (χ0n) is 16.7. The number of rotatable bonds is 8. The number of aryl methyl sites for hydroxylation is 2. The van der Waals surface area contributed by atoms with Crippen LogP contribution in [0.25, 0.3) is 0 Å². The average Bonchev–Trinajstić information content (AvgIpc) is 2.77. The number of amides is 2. The molecule has 3 aromatic rings. The van der Waals surface area contributed by atoms with E-state index in [0.717, 1.165) is 29.7 Å². The smallest absolute Gasteiger partial charge is 0.255 e. The van der Waals surface area contributed by atoms with E-state index in [1.807, 2.05) is 48.5 Å². The molecule has 0 saturated heterocycles. The van der Waals surface area contributed by atoms with E-state index in [1.54, 1.807) is 6.07 Å². The van der Waals surface area contributed by atoms with E-state index < -0.39 is 0 Å². The number of anilines is 1. The van der Waals surface area contributed by atoms with Crippen LogP contribution in [0, 0.1) is 0 Å². The van der Waals surface area contributed by atoms with Crippen molar-refractivity contribution in [2.45, 2.75) is 32.7 Å². The first kappa shape index (κ1) is 20.3. The highest BCUT2D eigenvalue weighted by Gasteiger charge is 2.08. The molecule has 0 atom stereocenters. The van der Waals surface area contributed by atoms with Crippen molar-refractivity contribution in [3.8, 4) is 0 Å². The largest absolute Gasteiger partial charge is 0.352 e. The molecule has 0 aromatic heterocycles. The third-order valence-corrected chi connectivity index (χ3v) is 4.78. The molecule has 0 spiro atoms. The van der Waals surface area contributed by atoms with E-state index in [4.69, 9.17) is 0 Å². The van der Waals surface area contributed by atoms with Crippen LogP contribution in [0.3, 0.4) is 0 Å². The molecular weight excluding hydrogens is 360 g/mol. The normalized spacial score (nSPS) is 10.4. The van der Waals surface area contributed by atoms with Crippen LogP contribution in [0.15, 0.2) is 78.9 Å². The van der Waals surface area contributed by atoms with E-state index >= 15 is 0 Å². The molecule has 0 unspecified atom stereocenters. The van der Waals surface area contributed by atoms with Gasteiger partial charge in [-0.3, -0.25) is 9.59 Å². The van der Waals surface area contributed by atoms with Gasteiger partial charge in [-0.15, -0.1) is 0 Å². The van der Waals surface area contributed by atoms with Gasteiger partial charge in [-0.05, 0) is 53.8 Å². The first-order valence-corrected chi connectivity index (χ1v) is 9.94. The van der Waals surface area contributed by atoms with Crippen LogP contribution in [-0.2, 0) is 24.2 Å². The Morgan fingerprint density at radius 2 is 1.52 bits per heavy atom. The van der Waals surface area contributed by atoms with Crippen molar-refractivity contribution in [3.63, 3.8) is 0 Å². The molecule has 4 nitrogen and oxygen atoms in total. The minimum Gasteiger partial charge on any atom is -0.352 e. The average molecular weight is 386 g/mol. The molecule has 29 heavy (non-hydrogen) atoms. The summed E-state index contributed by atoms with van der Waals surface area (Å²) in [6, 6.07) is 25.0. The Balaban J connectivity index is 1.49. The van der Waals surface area contributed by atoms with Gasteiger partial charge in [0.05, 0.1) is 0 Å². The van der Waals surface area contributed by atoms with Crippen molar-refractivity contribution in [2.24, 2.45) is 0 Å². The van der Waals surface area contributed by atoms with Gasteiger partial charge in [0.2, 0.25) is 5.91 Å². The predicted octanol–water partition coefficient (Wildman–Crippen LogP) is 4.75. The van der Waals surface area contributed by atoms with Crippen LogP contribution in [0.2, 0.25) is 0 Å². The predicted molar refractivity (Wildman–Crippen MR) is 117 cm³/mol. The molecule has 0 fully saturated rings. The first-order valence-electron chi connectivity index (χ1n) is 9.94. The number of nitrogens with one attached hydrogen (secondary N) is 2. The summed E-state index contributed by atoms with van der Waals surface area (Å²) in [6.07, 6.45) is 2.18. The lowest BCUT2D eigenvalue weighted by Gasteiger charge is -2.09. The van der Waals surface area contributed by atoms with Gasteiger partial charge in [-0.25, -0.2) is 0 Å². The Kier molecular flexibility index (Phi) is 7.17. The fourth-order valence-electron chi connectivity index (χ4n) is 3.04. The van der Waals surface area contributed by atoms with Gasteiger partial charge in [0.25, 0.3) is 5.91 Å². The minimum atomic E-state index is -0.167. The SMILES string of the molecule is CCc1ccc(CCC(=O)NCc2cccc(C(=O)Nc3ccccc3)c2)cc1. The molecule has 0 aliphatic heterocycles. The molecule has 3 aromatic carbocycles. The number of carbonyl (C=O) groups is 2. The monoisotopic (exact) mass is 386 g/mol. The summed E-state index contributed by atoms with van der Waals surface area (Å²) >= 11 is 0. The Morgan fingerprint density at radius 3 is 2.24 bits per heavy atom. The highest BCUT2D eigenvalue weighted by Crippen LogP contribution is 2.11. The van der Waals surface area contributed by atoms with Crippen LogP contribution in [0.1, 0.15) is 40.4 Å². The highest BCUT2D eigenvalue weighted by molar-refractivity contribution is 6.04. The topological polar surface area (TPSA) is 58.2 Å². The zero-order chi connectivity index (χ0) is 20.5. The second kappa shape index (κ2) is 10.2. The standard InChI is InChI=1S/C25H26N2O2/c1-2-19-11-13-20(14-12-19)15-16-24(28)26-18-21-7-6-8-22(17-21)25(29)27-23-9-4-3-5-10-23/h3-14,17H,2,15-16,18H2,1H3,(H,26,28)(H,27,29). The van der Waals surface area contributed by atoms with Crippen LogP contribution in [0.5, 0.6) is 0 Å². The lowest BCUT2D eigenvalue weighted by atomic mass is 10.1. The maximum Gasteiger partial charge on any atom is 0.255 e. The maximum absolute atomic E-state index is 12.4. The molecule has 0 bridgehead atoms. The van der Waals surface area contributed by atoms with Gasteiger partial charge in [0, 0.05) is 24.2 Å².